The number of alkyl halides is 2. The van der Waals surface area contributed by atoms with Gasteiger partial charge in [-0.3, -0.25) is 4.57 Å². The van der Waals surface area contributed by atoms with Gasteiger partial charge in [0.05, 0.1) is 19.6 Å². The second-order valence-corrected chi connectivity index (χ2v) is 10.8. The predicted octanol–water partition coefficient (Wildman–Crippen LogP) is 0.900. The third-order valence-corrected chi connectivity index (χ3v) is 8.02. The highest BCUT2D eigenvalue weighted by molar-refractivity contribution is 7.77. The summed E-state index contributed by atoms with van der Waals surface area (Å²) in [5, 5.41) is 0. The number of quaternary nitrogens is 1. The van der Waals surface area contributed by atoms with Crippen LogP contribution in [0.5, 0.6) is 0 Å². The maximum atomic E-state index is 10.2. The van der Waals surface area contributed by atoms with Crippen molar-refractivity contribution in [1.29, 1.82) is 0 Å². The van der Waals surface area contributed by atoms with E-state index in [2.05, 4.69) is 44.0 Å². The number of hydrogen-bond acceptors (Lipinski definition) is 3. The first-order valence-corrected chi connectivity index (χ1v) is 10.6. The summed E-state index contributed by atoms with van der Waals surface area (Å²) in [6, 6.07) is 0. The Morgan fingerprint density at radius 1 is 0.952 bits per heavy atom. The highest BCUT2D eigenvalue weighted by Crippen LogP contribution is 2.71. The molecule has 130 valence electrons. The molecule has 21 heavy (non-hydrogen) atoms. The van der Waals surface area contributed by atoms with E-state index in [4.69, 9.17) is 14.7 Å². The Balaban J connectivity index is 0. The van der Waals surface area contributed by atoms with Crippen LogP contribution in [0.1, 0.15) is 40.0 Å². The second-order valence-electron chi connectivity index (χ2n) is 4.57. The average Bonchev–Trinajstić information content (AvgIpc) is 2.28. The van der Waals surface area contributed by atoms with Gasteiger partial charge in [-0.05, 0) is 19.3 Å². The summed E-state index contributed by atoms with van der Waals surface area (Å²) in [6.45, 7) is 10.9. The molecule has 0 aromatic heterocycles. The fourth-order valence-corrected chi connectivity index (χ4v) is 2.92. The highest BCUT2D eigenvalue weighted by atomic mass is 35.5. The minimum absolute atomic E-state index is 1.33. The third-order valence-electron chi connectivity index (χ3n) is 2.50. The number of hydrogen-bond donors (Lipinski definition) is 4. The van der Waals surface area contributed by atoms with E-state index in [1.54, 1.807) is 4.90 Å². The third kappa shape index (κ3) is 9.54. The molecule has 7 nitrogen and oxygen atoms in total. The minimum Gasteiger partial charge on any atom is -0.776 e. The fourth-order valence-electron chi connectivity index (χ4n) is 1.60. The van der Waals surface area contributed by atoms with E-state index in [1.807, 2.05) is 0 Å². The van der Waals surface area contributed by atoms with Crippen LogP contribution in [-0.4, -0.2) is 38.1 Å². The van der Waals surface area contributed by atoms with E-state index < -0.39 is 19.0 Å². The smallest absolute Gasteiger partial charge is 0.370 e. The molecular weight excluding hydrogens is 363 g/mol. The Bertz CT molecular complexity index is 332. The number of nitrogens with one attached hydrogen (secondary N) is 1. The van der Waals surface area contributed by atoms with E-state index in [0.29, 0.717) is 0 Å². The summed E-state index contributed by atoms with van der Waals surface area (Å²) >= 11 is 9.33. The predicted molar refractivity (Wildman–Crippen MR) is 82.7 cm³/mol. The molecule has 0 bridgehead atoms. The molecule has 0 saturated carbocycles. The molecule has 0 radical (unpaired) electrons. The molecule has 1 unspecified atom stereocenters. The van der Waals surface area contributed by atoms with E-state index in [9.17, 15) is 14.0 Å². The molecule has 0 spiro atoms. The molecule has 0 aromatic carbocycles. The average molecular weight is 388 g/mol. The SMILES string of the molecule is CCC[NH+](CCC)CCC.O=P([O-])(O)C(Cl)(Cl)P(=O)(O)O. The Labute approximate surface area is 135 Å². The molecule has 1 atom stereocenters. The monoisotopic (exact) mass is 387 g/mol. The molecule has 0 saturated heterocycles. The maximum absolute atomic E-state index is 10.2. The lowest BCUT2D eigenvalue weighted by atomic mass is 10.3. The zero-order chi connectivity index (χ0) is 17.3. The Hall–Kier alpha value is 0.840. The lowest BCUT2D eigenvalue weighted by Crippen LogP contribution is -3.11. The van der Waals surface area contributed by atoms with Crippen molar-refractivity contribution in [2.75, 3.05) is 19.6 Å². The van der Waals surface area contributed by atoms with Gasteiger partial charge in [-0.15, -0.1) is 0 Å². The van der Waals surface area contributed by atoms with Crippen molar-refractivity contribution in [1.82, 2.24) is 0 Å². The number of halogens is 2. The largest absolute Gasteiger partial charge is 0.776 e. The molecule has 0 aliphatic carbocycles. The topological polar surface area (TPSA) is 122 Å². The molecular formula is C10H25Cl2NO6P2. The van der Waals surface area contributed by atoms with Crippen LogP contribution in [0.15, 0.2) is 0 Å². The van der Waals surface area contributed by atoms with Crippen LogP contribution in [0.4, 0.5) is 0 Å². The van der Waals surface area contributed by atoms with Gasteiger partial charge >= 0.3 is 7.60 Å². The molecule has 4 N–H and O–H groups in total. The van der Waals surface area contributed by atoms with Gasteiger partial charge in [0, 0.05) is 0 Å². The van der Waals surface area contributed by atoms with Crippen LogP contribution in [-0.2, 0) is 9.13 Å². The van der Waals surface area contributed by atoms with Crippen molar-refractivity contribution in [3.05, 3.63) is 0 Å². The maximum Gasteiger partial charge on any atom is 0.370 e. The van der Waals surface area contributed by atoms with Crippen molar-refractivity contribution < 1.29 is 33.6 Å². The van der Waals surface area contributed by atoms with Crippen LogP contribution in [0.3, 0.4) is 0 Å². The van der Waals surface area contributed by atoms with Gasteiger partial charge < -0.3 is 29.0 Å². The van der Waals surface area contributed by atoms with Crippen LogP contribution in [0.25, 0.3) is 0 Å². The fraction of sp³-hybridized carbons (Fsp3) is 1.00. The first-order valence-electron chi connectivity index (χ1n) is 6.65. The van der Waals surface area contributed by atoms with Crippen molar-refractivity contribution in [3.63, 3.8) is 0 Å². The molecule has 0 rings (SSSR count). The zero-order valence-electron chi connectivity index (χ0n) is 12.5. The standard InChI is InChI=1S/C9H21N.CH4Cl2O6P2/c1-4-7-10(8-5-2)9-6-3;2-1(3,10(4,5)6)11(7,8)9/h4-9H2,1-3H3;(H2,4,5,6)(H2,7,8,9). The van der Waals surface area contributed by atoms with Gasteiger partial charge in [-0.25, -0.2) is 0 Å². The summed E-state index contributed by atoms with van der Waals surface area (Å²) in [4.78, 5) is 36.4. The van der Waals surface area contributed by atoms with Gasteiger partial charge in [0.1, 0.15) is 0 Å². The van der Waals surface area contributed by atoms with Crippen LogP contribution in [0, 0.1) is 0 Å². The second kappa shape index (κ2) is 10.6. The van der Waals surface area contributed by atoms with Crippen molar-refractivity contribution in [3.8, 4) is 0 Å². The van der Waals surface area contributed by atoms with Gasteiger partial charge in [-0.1, -0.05) is 44.0 Å². The summed E-state index contributed by atoms with van der Waals surface area (Å²) < 4.78 is 16.9. The van der Waals surface area contributed by atoms with E-state index in [0.717, 1.165) is 0 Å². The molecule has 11 heteroatoms. The van der Waals surface area contributed by atoms with Crippen LogP contribution in [0.2, 0.25) is 0 Å². The number of rotatable bonds is 8. The summed E-state index contributed by atoms with van der Waals surface area (Å²) in [6.07, 6.45) is 3.99. The highest BCUT2D eigenvalue weighted by Gasteiger charge is 2.52. The van der Waals surface area contributed by atoms with Crippen molar-refractivity contribution in [2.45, 2.75) is 43.8 Å². The lowest BCUT2D eigenvalue weighted by molar-refractivity contribution is -0.900. The molecule has 0 heterocycles. The summed E-state index contributed by atoms with van der Waals surface area (Å²) in [5.41, 5.74) is 0. The quantitative estimate of drug-likeness (QED) is 0.362. The molecule has 0 amide bonds. The Kier molecular flexibility index (Phi) is 12.1. The zero-order valence-corrected chi connectivity index (χ0v) is 15.8. The van der Waals surface area contributed by atoms with Crippen molar-refractivity contribution >= 4 is 38.4 Å². The molecule has 0 aliphatic heterocycles. The van der Waals surface area contributed by atoms with Gasteiger partial charge in [0.25, 0.3) is 3.82 Å². The minimum atomic E-state index is -5.47. The first-order chi connectivity index (χ1) is 9.35. The Morgan fingerprint density at radius 2 is 1.24 bits per heavy atom. The van der Waals surface area contributed by atoms with Crippen LogP contribution >= 0.6 is 38.4 Å². The van der Waals surface area contributed by atoms with E-state index in [1.165, 1.54) is 38.9 Å². The van der Waals surface area contributed by atoms with E-state index >= 15 is 0 Å². The van der Waals surface area contributed by atoms with Crippen LogP contribution < -0.4 is 9.79 Å². The molecule has 0 fully saturated rings. The van der Waals surface area contributed by atoms with Gasteiger partial charge in [0.15, 0.2) is 7.60 Å². The normalized spacial score (nSPS) is 15.3. The summed E-state index contributed by atoms with van der Waals surface area (Å²) in [7, 11) is -10.8. The van der Waals surface area contributed by atoms with Gasteiger partial charge in [-0.2, -0.15) is 0 Å². The van der Waals surface area contributed by atoms with Gasteiger partial charge in [0.2, 0.25) is 0 Å². The molecule has 0 aliphatic rings. The first kappa shape index (κ1) is 24.1. The molecule has 0 aromatic rings. The van der Waals surface area contributed by atoms with E-state index in [-0.39, 0.29) is 0 Å². The van der Waals surface area contributed by atoms with Crippen molar-refractivity contribution in [2.24, 2.45) is 0 Å². The Morgan fingerprint density at radius 3 is 1.33 bits per heavy atom. The lowest BCUT2D eigenvalue weighted by Gasteiger charge is -2.29. The summed E-state index contributed by atoms with van der Waals surface area (Å²) in [5.74, 6) is 0.